The Morgan fingerprint density at radius 2 is 1.81 bits per heavy atom. The van der Waals surface area contributed by atoms with Gasteiger partial charge in [-0.15, -0.1) is 0 Å². The van der Waals surface area contributed by atoms with Crippen molar-refractivity contribution >= 4 is 34.9 Å². The molecule has 6 nitrogen and oxygen atoms in total. The summed E-state index contributed by atoms with van der Waals surface area (Å²) in [5.41, 5.74) is 2.90. The van der Waals surface area contributed by atoms with Crippen LogP contribution >= 0.6 is 11.6 Å². The monoisotopic (exact) mass is 449 g/mol. The lowest BCUT2D eigenvalue weighted by Crippen LogP contribution is -2.49. The minimum absolute atomic E-state index is 0.0398. The molecule has 0 atom stereocenters. The highest BCUT2D eigenvalue weighted by Gasteiger charge is 2.26. The van der Waals surface area contributed by atoms with Gasteiger partial charge in [-0.2, -0.15) is 0 Å². The Labute approximate surface area is 192 Å². The molecule has 0 spiro atoms. The maximum Gasteiger partial charge on any atom is 0.324 e. The Morgan fingerprint density at radius 1 is 1.03 bits per heavy atom. The number of hydrogen-bond acceptors (Lipinski definition) is 3. The van der Waals surface area contributed by atoms with Crippen molar-refractivity contribution in [2.75, 3.05) is 30.4 Å². The number of rotatable bonds is 6. The van der Waals surface area contributed by atoms with Gasteiger partial charge >= 0.3 is 6.03 Å². The van der Waals surface area contributed by atoms with Crippen molar-refractivity contribution in [3.63, 3.8) is 0 Å². The number of amides is 3. The van der Waals surface area contributed by atoms with Gasteiger partial charge in [0.05, 0.1) is 12.7 Å². The molecule has 0 saturated carbocycles. The smallest absolute Gasteiger partial charge is 0.324 e. The molecule has 0 aromatic heterocycles. The SMILES string of the molecule is COc1ccccc1C(=O)Nc1ccc(N2CCCN(Cc3cccc(Cl)c3)C2=O)cc1. The molecule has 164 valence electrons. The summed E-state index contributed by atoms with van der Waals surface area (Å²) in [4.78, 5) is 29.3. The fraction of sp³-hybridized carbons (Fsp3) is 0.200. The maximum atomic E-state index is 13.1. The summed E-state index contributed by atoms with van der Waals surface area (Å²) >= 11 is 6.08. The number of carbonyl (C=O) groups excluding carboxylic acids is 2. The van der Waals surface area contributed by atoms with Gasteiger partial charge in [-0.3, -0.25) is 9.69 Å². The molecule has 1 heterocycles. The van der Waals surface area contributed by atoms with Crippen molar-refractivity contribution in [3.8, 4) is 5.75 Å². The second-order valence-electron chi connectivity index (χ2n) is 7.54. The van der Waals surface area contributed by atoms with Crippen LogP contribution in [-0.4, -0.2) is 37.0 Å². The van der Waals surface area contributed by atoms with Gasteiger partial charge in [-0.05, 0) is 60.5 Å². The Balaban J connectivity index is 1.44. The zero-order chi connectivity index (χ0) is 22.5. The van der Waals surface area contributed by atoms with E-state index >= 15 is 0 Å². The summed E-state index contributed by atoms with van der Waals surface area (Å²) in [6, 6.07) is 21.9. The molecular formula is C25H24ClN3O3. The van der Waals surface area contributed by atoms with Crippen LogP contribution in [0.15, 0.2) is 72.8 Å². The molecule has 0 aliphatic carbocycles. The zero-order valence-corrected chi connectivity index (χ0v) is 18.5. The molecule has 3 aromatic rings. The number of nitrogens with one attached hydrogen (secondary N) is 1. The number of nitrogens with zero attached hydrogens (tertiary/aromatic N) is 2. The van der Waals surface area contributed by atoms with Gasteiger partial charge in [-0.1, -0.05) is 35.9 Å². The topological polar surface area (TPSA) is 61.9 Å². The summed E-state index contributed by atoms with van der Waals surface area (Å²) < 4.78 is 5.26. The third-order valence-corrected chi connectivity index (χ3v) is 5.60. The molecule has 0 unspecified atom stereocenters. The number of halogens is 1. The number of urea groups is 1. The molecule has 1 saturated heterocycles. The van der Waals surface area contributed by atoms with Gasteiger partial charge in [0.2, 0.25) is 0 Å². The van der Waals surface area contributed by atoms with Crippen LogP contribution < -0.4 is 15.0 Å². The van der Waals surface area contributed by atoms with Crippen LogP contribution in [0.3, 0.4) is 0 Å². The van der Waals surface area contributed by atoms with Crippen LogP contribution in [0.4, 0.5) is 16.2 Å². The third-order valence-electron chi connectivity index (χ3n) is 5.36. The summed E-state index contributed by atoms with van der Waals surface area (Å²) in [6.07, 6.45) is 0.874. The zero-order valence-electron chi connectivity index (χ0n) is 17.8. The third kappa shape index (κ3) is 4.86. The minimum Gasteiger partial charge on any atom is -0.496 e. The number of hydrogen-bond donors (Lipinski definition) is 1. The second-order valence-corrected chi connectivity index (χ2v) is 7.98. The van der Waals surface area contributed by atoms with E-state index in [9.17, 15) is 9.59 Å². The number of anilines is 2. The van der Waals surface area contributed by atoms with Gasteiger partial charge in [-0.25, -0.2) is 4.79 Å². The Kier molecular flexibility index (Phi) is 6.61. The van der Waals surface area contributed by atoms with Crippen molar-refractivity contribution in [2.45, 2.75) is 13.0 Å². The number of methoxy groups -OCH3 is 1. The first-order valence-corrected chi connectivity index (χ1v) is 10.8. The molecule has 3 aromatic carbocycles. The van der Waals surface area contributed by atoms with E-state index in [0.29, 0.717) is 41.7 Å². The molecule has 1 fully saturated rings. The van der Waals surface area contributed by atoms with Crippen LogP contribution in [-0.2, 0) is 6.54 Å². The number of para-hydroxylation sites is 1. The lowest BCUT2D eigenvalue weighted by Gasteiger charge is -2.35. The van der Waals surface area contributed by atoms with Crippen molar-refractivity contribution in [1.29, 1.82) is 0 Å². The number of ether oxygens (including phenoxy) is 1. The van der Waals surface area contributed by atoms with Crippen LogP contribution in [0.2, 0.25) is 5.02 Å². The number of carbonyl (C=O) groups is 2. The van der Waals surface area contributed by atoms with Gasteiger partial charge in [0, 0.05) is 36.0 Å². The van der Waals surface area contributed by atoms with E-state index < -0.39 is 0 Å². The molecule has 1 N–H and O–H groups in total. The predicted molar refractivity (Wildman–Crippen MR) is 127 cm³/mol. The first-order chi connectivity index (χ1) is 15.5. The molecule has 32 heavy (non-hydrogen) atoms. The Bertz CT molecular complexity index is 1120. The largest absolute Gasteiger partial charge is 0.496 e. The van der Waals surface area contributed by atoms with E-state index in [2.05, 4.69) is 5.32 Å². The summed E-state index contributed by atoms with van der Waals surface area (Å²) in [5, 5.41) is 3.54. The predicted octanol–water partition coefficient (Wildman–Crippen LogP) is 5.43. The highest BCUT2D eigenvalue weighted by molar-refractivity contribution is 6.30. The van der Waals surface area contributed by atoms with Gasteiger partial charge in [0.15, 0.2) is 0 Å². The lowest BCUT2D eigenvalue weighted by atomic mass is 10.1. The van der Waals surface area contributed by atoms with Crippen LogP contribution in [0.5, 0.6) is 5.75 Å². The molecule has 0 radical (unpaired) electrons. The highest BCUT2D eigenvalue weighted by Crippen LogP contribution is 2.25. The van der Waals surface area contributed by atoms with Crippen LogP contribution in [0.1, 0.15) is 22.3 Å². The molecule has 4 rings (SSSR count). The summed E-state index contributed by atoms with van der Waals surface area (Å²) in [5.74, 6) is 0.261. The fourth-order valence-electron chi connectivity index (χ4n) is 3.78. The van der Waals surface area contributed by atoms with Crippen LogP contribution in [0.25, 0.3) is 0 Å². The highest BCUT2D eigenvalue weighted by atomic mass is 35.5. The molecule has 1 aliphatic heterocycles. The molecule has 3 amide bonds. The molecular weight excluding hydrogens is 426 g/mol. The van der Waals surface area contributed by atoms with E-state index in [4.69, 9.17) is 16.3 Å². The van der Waals surface area contributed by atoms with E-state index in [1.165, 1.54) is 7.11 Å². The van der Waals surface area contributed by atoms with E-state index in [1.807, 2.05) is 47.4 Å². The average Bonchev–Trinajstić information content (AvgIpc) is 2.81. The Hall–Kier alpha value is -3.51. The fourth-order valence-corrected chi connectivity index (χ4v) is 3.99. The minimum atomic E-state index is -0.253. The molecule has 0 bridgehead atoms. The summed E-state index contributed by atoms with van der Waals surface area (Å²) in [6.45, 7) is 1.87. The first kappa shape index (κ1) is 21.7. The number of benzene rings is 3. The van der Waals surface area contributed by atoms with E-state index in [-0.39, 0.29) is 11.9 Å². The van der Waals surface area contributed by atoms with Crippen LogP contribution in [0, 0.1) is 0 Å². The van der Waals surface area contributed by atoms with Gasteiger partial charge in [0.1, 0.15) is 5.75 Å². The summed E-state index contributed by atoms with van der Waals surface area (Å²) in [7, 11) is 1.53. The van der Waals surface area contributed by atoms with E-state index in [1.54, 1.807) is 35.2 Å². The first-order valence-electron chi connectivity index (χ1n) is 10.4. The van der Waals surface area contributed by atoms with Crippen molar-refractivity contribution in [1.82, 2.24) is 4.90 Å². The maximum absolute atomic E-state index is 13.1. The van der Waals surface area contributed by atoms with Crippen molar-refractivity contribution in [2.24, 2.45) is 0 Å². The molecule has 1 aliphatic rings. The van der Waals surface area contributed by atoms with Crippen molar-refractivity contribution < 1.29 is 14.3 Å². The lowest BCUT2D eigenvalue weighted by molar-refractivity contribution is 0.102. The van der Waals surface area contributed by atoms with Gasteiger partial charge in [0.25, 0.3) is 5.91 Å². The van der Waals surface area contributed by atoms with Crippen molar-refractivity contribution in [3.05, 3.63) is 88.9 Å². The van der Waals surface area contributed by atoms with Gasteiger partial charge < -0.3 is 15.0 Å². The molecule has 7 heteroatoms. The standard InChI is InChI=1S/C25H24ClN3O3/c1-32-23-9-3-2-8-22(23)24(30)27-20-10-12-21(13-11-20)29-15-5-14-28(25(29)31)17-18-6-4-7-19(26)16-18/h2-4,6-13,16H,5,14-15,17H2,1H3,(H,27,30). The quantitative estimate of drug-likeness (QED) is 0.545. The van der Waals surface area contributed by atoms with E-state index in [0.717, 1.165) is 17.7 Å². The Morgan fingerprint density at radius 3 is 2.56 bits per heavy atom. The second kappa shape index (κ2) is 9.75. The normalized spacial score (nSPS) is 13.8. The average molecular weight is 450 g/mol.